The van der Waals surface area contributed by atoms with E-state index in [0.29, 0.717) is 5.92 Å². The molecule has 0 radical (unpaired) electrons. The van der Waals surface area contributed by atoms with Crippen LogP contribution in [0.1, 0.15) is 34.1 Å². The zero-order chi connectivity index (χ0) is 8.85. The third-order valence-electron chi connectivity index (χ3n) is 1.84. The Morgan fingerprint density at radius 3 is 2.36 bits per heavy atom. The number of allylic oxidation sites excluding steroid dienone is 4. The first-order valence-electron chi connectivity index (χ1n) is 4.34. The molecular formula is C10H19N. The fourth-order valence-corrected chi connectivity index (χ4v) is 1.06. The predicted octanol–water partition coefficient (Wildman–Crippen LogP) is 2.84. The van der Waals surface area contributed by atoms with E-state index in [0.717, 1.165) is 12.1 Å². The van der Waals surface area contributed by atoms with Crippen molar-refractivity contribution in [1.82, 2.24) is 0 Å². The van der Waals surface area contributed by atoms with Crippen LogP contribution in [0.2, 0.25) is 0 Å². The molecule has 0 aromatic carbocycles. The van der Waals surface area contributed by atoms with E-state index >= 15 is 0 Å². The van der Waals surface area contributed by atoms with E-state index in [9.17, 15) is 0 Å². The molecule has 11 heavy (non-hydrogen) atoms. The van der Waals surface area contributed by atoms with Crippen LogP contribution < -0.4 is 5.73 Å². The molecule has 0 unspecified atom stereocenters. The highest BCUT2D eigenvalue weighted by molar-refractivity contribution is 5.27. The fourth-order valence-electron chi connectivity index (χ4n) is 1.06. The molecule has 0 aliphatic heterocycles. The summed E-state index contributed by atoms with van der Waals surface area (Å²) in [5.74, 6) is 0.551. The fraction of sp³-hybridized carbons (Fsp3) is 0.600. The Morgan fingerprint density at radius 1 is 1.45 bits per heavy atom. The Kier molecular flexibility index (Phi) is 4.67. The Balaban J connectivity index is 0.000000461. The van der Waals surface area contributed by atoms with E-state index in [2.05, 4.69) is 26.0 Å². The summed E-state index contributed by atoms with van der Waals surface area (Å²) >= 11 is 0. The quantitative estimate of drug-likeness (QED) is 0.569. The van der Waals surface area contributed by atoms with Gasteiger partial charge in [0.2, 0.25) is 0 Å². The molecule has 1 aliphatic carbocycles. The van der Waals surface area contributed by atoms with Crippen LogP contribution in [-0.2, 0) is 0 Å². The number of hydrogen-bond donors (Lipinski definition) is 1. The largest absolute Gasteiger partial charge is 0.402 e. The normalized spacial score (nSPS) is 22.7. The van der Waals surface area contributed by atoms with Crippen molar-refractivity contribution in [3.63, 3.8) is 0 Å². The van der Waals surface area contributed by atoms with Gasteiger partial charge in [-0.25, -0.2) is 0 Å². The van der Waals surface area contributed by atoms with E-state index in [1.54, 1.807) is 0 Å². The lowest BCUT2D eigenvalue weighted by atomic mass is 9.95. The molecule has 1 rings (SSSR count). The van der Waals surface area contributed by atoms with Gasteiger partial charge in [-0.05, 0) is 24.8 Å². The van der Waals surface area contributed by atoms with E-state index in [-0.39, 0.29) is 0 Å². The minimum absolute atomic E-state index is 0.551. The van der Waals surface area contributed by atoms with Crippen molar-refractivity contribution in [3.05, 3.63) is 23.4 Å². The predicted molar refractivity (Wildman–Crippen MR) is 51.2 cm³/mol. The lowest BCUT2D eigenvalue weighted by Crippen LogP contribution is -2.12. The molecular weight excluding hydrogens is 134 g/mol. The summed E-state index contributed by atoms with van der Waals surface area (Å²) in [5, 5.41) is 0. The average molecular weight is 153 g/mol. The van der Waals surface area contributed by atoms with Gasteiger partial charge in [-0.2, -0.15) is 0 Å². The number of hydrogen-bond acceptors (Lipinski definition) is 1. The molecule has 1 aliphatic rings. The summed E-state index contributed by atoms with van der Waals surface area (Å²) in [4.78, 5) is 0. The minimum atomic E-state index is 0.551. The van der Waals surface area contributed by atoms with Gasteiger partial charge in [0.1, 0.15) is 0 Å². The Bertz CT molecular complexity index is 166. The molecule has 0 bridgehead atoms. The monoisotopic (exact) mass is 153 g/mol. The molecule has 0 spiro atoms. The van der Waals surface area contributed by atoms with Crippen molar-refractivity contribution in [2.75, 3.05) is 0 Å². The molecule has 0 amide bonds. The molecule has 64 valence electrons. The minimum Gasteiger partial charge on any atom is -0.402 e. The topological polar surface area (TPSA) is 26.0 Å². The average Bonchev–Trinajstić information content (AvgIpc) is 2.04. The lowest BCUT2D eigenvalue weighted by Gasteiger charge is -2.15. The van der Waals surface area contributed by atoms with E-state index in [1.807, 2.05) is 13.8 Å². The van der Waals surface area contributed by atoms with E-state index in [1.165, 1.54) is 5.57 Å². The van der Waals surface area contributed by atoms with Crippen LogP contribution >= 0.6 is 0 Å². The molecule has 0 heterocycles. The van der Waals surface area contributed by atoms with Crippen LogP contribution in [0.25, 0.3) is 0 Å². The smallest absolute Gasteiger partial charge is 0.0142 e. The van der Waals surface area contributed by atoms with Gasteiger partial charge in [0.25, 0.3) is 0 Å². The molecule has 2 N–H and O–H groups in total. The third-order valence-corrected chi connectivity index (χ3v) is 1.84. The summed E-state index contributed by atoms with van der Waals surface area (Å²) < 4.78 is 0. The van der Waals surface area contributed by atoms with Crippen LogP contribution in [0.15, 0.2) is 23.4 Å². The van der Waals surface area contributed by atoms with Gasteiger partial charge in [0, 0.05) is 5.70 Å². The maximum Gasteiger partial charge on any atom is 0.0142 e. The van der Waals surface area contributed by atoms with Gasteiger partial charge in [0.05, 0.1) is 0 Å². The summed E-state index contributed by atoms with van der Waals surface area (Å²) in [6.07, 6.45) is 5.37. The van der Waals surface area contributed by atoms with Crippen LogP contribution in [-0.4, -0.2) is 0 Å². The maximum atomic E-state index is 5.75. The molecule has 0 saturated carbocycles. The summed E-state index contributed by atoms with van der Waals surface area (Å²) in [6.45, 7) is 8.21. The van der Waals surface area contributed by atoms with Gasteiger partial charge < -0.3 is 5.73 Å². The van der Waals surface area contributed by atoms with Gasteiger partial charge in [-0.3, -0.25) is 0 Å². The molecule has 0 aromatic heterocycles. The molecule has 1 heteroatoms. The molecule has 0 saturated heterocycles. The van der Waals surface area contributed by atoms with Crippen LogP contribution in [0.4, 0.5) is 0 Å². The third kappa shape index (κ3) is 2.79. The van der Waals surface area contributed by atoms with Crippen molar-refractivity contribution in [2.45, 2.75) is 34.1 Å². The summed E-state index contributed by atoms with van der Waals surface area (Å²) in [7, 11) is 0. The SMILES string of the molecule is CC.CC1=C(N)[C@@H](C)CC=C1. The zero-order valence-electron chi connectivity index (χ0n) is 8.02. The summed E-state index contributed by atoms with van der Waals surface area (Å²) in [5.41, 5.74) is 8.03. The van der Waals surface area contributed by atoms with Crippen LogP contribution in [0.5, 0.6) is 0 Å². The van der Waals surface area contributed by atoms with Crippen molar-refractivity contribution in [3.8, 4) is 0 Å². The van der Waals surface area contributed by atoms with Gasteiger partial charge in [0.15, 0.2) is 0 Å². The first-order chi connectivity index (χ1) is 5.22. The lowest BCUT2D eigenvalue weighted by molar-refractivity contribution is 0.668. The molecule has 1 atom stereocenters. The highest BCUT2D eigenvalue weighted by Gasteiger charge is 2.08. The Labute approximate surface area is 70.0 Å². The van der Waals surface area contributed by atoms with Crippen molar-refractivity contribution < 1.29 is 0 Å². The molecule has 0 aromatic rings. The van der Waals surface area contributed by atoms with Crippen molar-refractivity contribution in [2.24, 2.45) is 11.7 Å². The molecule has 1 nitrogen and oxygen atoms in total. The Hall–Kier alpha value is -0.720. The van der Waals surface area contributed by atoms with Gasteiger partial charge in [-0.15, -0.1) is 0 Å². The van der Waals surface area contributed by atoms with Gasteiger partial charge >= 0.3 is 0 Å². The van der Waals surface area contributed by atoms with E-state index in [4.69, 9.17) is 5.73 Å². The van der Waals surface area contributed by atoms with Gasteiger partial charge in [-0.1, -0.05) is 32.9 Å². The second-order valence-corrected chi connectivity index (χ2v) is 2.68. The summed E-state index contributed by atoms with van der Waals surface area (Å²) in [6, 6.07) is 0. The Morgan fingerprint density at radius 2 is 2.00 bits per heavy atom. The van der Waals surface area contributed by atoms with Crippen LogP contribution in [0.3, 0.4) is 0 Å². The van der Waals surface area contributed by atoms with Crippen molar-refractivity contribution >= 4 is 0 Å². The zero-order valence-corrected chi connectivity index (χ0v) is 8.02. The van der Waals surface area contributed by atoms with E-state index < -0.39 is 0 Å². The van der Waals surface area contributed by atoms with Crippen LogP contribution in [0, 0.1) is 5.92 Å². The number of nitrogens with two attached hydrogens (primary N) is 1. The number of rotatable bonds is 0. The van der Waals surface area contributed by atoms with Crippen molar-refractivity contribution in [1.29, 1.82) is 0 Å². The maximum absolute atomic E-state index is 5.75. The highest BCUT2D eigenvalue weighted by Crippen LogP contribution is 2.19. The first kappa shape index (κ1) is 10.3. The first-order valence-corrected chi connectivity index (χ1v) is 4.34. The second kappa shape index (κ2) is 5.00. The standard InChI is InChI=1S/C8H13N.C2H6/c1-6-4-3-5-7(2)8(6)9;1-2/h3-4,7H,5,9H2,1-2H3;1-2H3/t7-;/m0./s1. The highest BCUT2D eigenvalue weighted by atomic mass is 14.6. The molecule has 0 fully saturated rings. The second-order valence-electron chi connectivity index (χ2n) is 2.68.